The number of hydrogen-bond acceptors (Lipinski definition) is 4. The summed E-state index contributed by atoms with van der Waals surface area (Å²) in [5.41, 5.74) is 3.81. The number of Topliss-reactive ketones (excluding diaryl/α,β-unsaturated/α-hetero) is 1. The zero-order valence-corrected chi connectivity index (χ0v) is 12.1. The number of piperidine rings is 1. The highest BCUT2D eigenvalue weighted by atomic mass is 16.5. The lowest BCUT2D eigenvalue weighted by molar-refractivity contribution is -0.119. The zero-order valence-electron chi connectivity index (χ0n) is 12.1. The first-order valence-corrected chi connectivity index (χ1v) is 7.43. The Kier molecular flexibility index (Phi) is 3.92. The third-order valence-electron chi connectivity index (χ3n) is 4.11. The van der Waals surface area contributed by atoms with Gasteiger partial charge in [0.15, 0.2) is 0 Å². The molecule has 4 heteroatoms. The first-order chi connectivity index (χ1) is 9.72. The third kappa shape index (κ3) is 2.96. The van der Waals surface area contributed by atoms with Crippen LogP contribution in [0.4, 0.5) is 11.4 Å². The molecular weight excluding hydrogens is 252 g/mol. The maximum absolute atomic E-state index is 11.4. The van der Waals surface area contributed by atoms with Crippen molar-refractivity contribution in [2.24, 2.45) is 0 Å². The first-order valence-electron chi connectivity index (χ1n) is 7.43. The Morgan fingerprint density at radius 1 is 0.900 bits per heavy atom. The lowest BCUT2D eigenvalue weighted by atomic mass is 10.1. The second-order valence-electron chi connectivity index (χ2n) is 5.65. The lowest BCUT2D eigenvalue weighted by Gasteiger charge is -2.32. The molecule has 2 aliphatic rings. The van der Waals surface area contributed by atoms with Crippen LogP contribution in [-0.2, 0) is 9.53 Å². The van der Waals surface area contributed by atoms with E-state index >= 15 is 0 Å². The summed E-state index contributed by atoms with van der Waals surface area (Å²) < 4.78 is 5.42. The van der Waals surface area contributed by atoms with Gasteiger partial charge in [-0.25, -0.2) is 0 Å². The number of nitrogens with zero attached hydrogens (tertiary/aromatic N) is 2. The maximum atomic E-state index is 11.4. The summed E-state index contributed by atoms with van der Waals surface area (Å²) >= 11 is 0. The van der Waals surface area contributed by atoms with Crippen LogP contribution in [0.2, 0.25) is 0 Å². The number of hydrogen-bond donors (Lipinski definition) is 0. The van der Waals surface area contributed by atoms with Crippen molar-refractivity contribution in [3.05, 3.63) is 23.8 Å². The number of anilines is 2. The van der Waals surface area contributed by atoms with Crippen molar-refractivity contribution in [2.75, 3.05) is 49.2 Å². The summed E-state index contributed by atoms with van der Waals surface area (Å²) in [5.74, 6) is 0.391. The van der Waals surface area contributed by atoms with E-state index in [4.69, 9.17) is 4.74 Å². The quantitative estimate of drug-likeness (QED) is 0.826. The molecule has 0 N–H and O–H groups in total. The molecule has 2 aliphatic heterocycles. The fraction of sp³-hybridized carbons (Fsp3) is 0.562. The Morgan fingerprint density at radius 3 is 2.05 bits per heavy atom. The number of ether oxygens (including phenoxy) is 1. The second kappa shape index (κ2) is 5.83. The van der Waals surface area contributed by atoms with Crippen LogP contribution in [0.5, 0.6) is 0 Å². The third-order valence-corrected chi connectivity index (χ3v) is 4.11. The van der Waals surface area contributed by atoms with Gasteiger partial charge < -0.3 is 14.5 Å². The molecule has 4 nitrogen and oxygen atoms in total. The van der Waals surface area contributed by atoms with Gasteiger partial charge in [0.05, 0.1) is 13.2 Å². The zero-order chi connectivity index (χ0) is 13.9. The van der Waals surface area contributed by atoms with E-state index in [0.717, 1.165) is 39.4 Å². The Bertz CT molecular complexity index is 485. The monoisotopic (exact) mass is 274 g/mol. The molecule has 2 saturated heterocycles. The number of carbonyl (C=O) groups excluding carboxylic acids is 1. The Morgan fingerprint density at radius 2 is 1.45 bits per heavy atom. The summed E-state index contributed by atoms with van der Waals surface area (Å²) in [6.45, 7) is 7.38. The lowest BCUT2D eigenvalue weighted by Crippen LogP contribution is -2.37. The number of rotatable bonds is 2. The molecule has 108 valence electrons. The fourth-order valence-corrected chi connectivity index (χ4v) is 2.94. The van der Waals surface area contributed by atoms with E-state index < -0.39 is 0 Å². The minimum Gasteiger partial charge on any atom is -0.378 e. The normalized spacial score (nSPS) is 20.4. The molecule has 20 heavy (non-hydrogen) atoms. The Hall–Kier alpha value is -1.55. The van der Waals surface area contributed by atoms with Crippen molar-refractivity contribution < 1.29 is 9.53 Å². The van der Waals surface area contributed by atoms with Gasteiger partial charge in [0.1, 0.15) is 5.78 Å². The molecule has 1 aromatic rings. The van der Waals surface area contributed by atoms with Crippen LogP contribution in [-0.4, -0.2) is 45.2 Å². The molecule has 0 radical (unpaired) electrons. The molecule has 0 aromatic heterocycles. The summed E-state index contributed by atoms with van der Waals surface area (Å²) in [4.78, 5) is 16.1. The molecule has 0 amide bonds. The van der Waals surface area contributed by atoms with Crippen molar-refractivity contribution in [3.63, 3.8) is 0 Å². The van der Waals surface area contributed by atoms with Crippen LogP contribution in [0.3, 0.4) is 0 Å². The molecule has 0 unspecified atom stereocenters. The largest absolute Gasteiger partial charge is 0.378 e. The predicted molar refractivity (Wildman–Crippen MR) is 80.7 cm³/mol. The number of morpholine rings is 1. The van der Waals surface area contributed by atoms with E-state index in [9.17, 15) is 4.79 Å². The molecule has 3 rings (SSSR count). The molecule has 0 bridgehead atoms. The summed E-state index contributed by atoms with van der Waals surface area (Å²) in [6.07, 6.45) is 1.36. The van der Waals surface area contributed by atoms with Crippen LogP contribution < -0.4 is 9.80 Å². The molecule has 2 heterocycles. The van der Waals surface area contributed by atoms with E-state index in [1.807, 2.05) is 0 Å². The van der Waals surface area contributed by atoms with Gasteiger partial charge in [0.25, 0.3) is 0 Å². The van der Waals surface area contributed by atoms with Crippen LogP contribution in [0, 0.1) is 6.92 Å². The molecule has 2 fully saturated rings. The van der Waals surface area contributed by atoms with E-state index in [2.05, 4.69) is 34.9 Å². The highest BCUT2D eigenvalue weighted by Crippen LogP contribution is 2.27. The minimum absolute atomic E-state index is 0.391. The molecular formula is C16H22N2O2. The van der Waals surface area contributed by atoms with Crippen LogP contribution >= 0.6 is 0 Å². The maximum Gasteiger partial charge on any atom is 0.136 e. The molecule has 0 spiro atoms. The van der Waals surface area contributed by atoms with Gasteiger partial charge in [0.2, 0.25) is 0 Å². The van der Waals surface area contributed by atoms with E-state index in [0.29, 0.717) is 18.6 Å². The molecule has 0 atom stereocenters. The molecule has 1 aromatic carbocycles. The predicted octanol–water partition coefficient (Wildman–Crippen LogP) is 2.00. The highest BCUT2D eigenvalue weighted by Gasteiger charge is 2.18. The first kappa shape index (κ1) is 13.4. The number of carbonyl (C=O) groups is 1. The van der Waals surface area contributed by atoms with Crippen molar-refractivity contribution in [1.29, 1.82) is 0 Å². The Balaban J connectivity index is 1.80. The second-order valence-corrected chi connectivity index (χ2v) is 5.65. The van der Waals surface area contributed by atoms with Crippen molar-refractivity contribution in [2.45, 2.75) is 19.8 Å². The number of ketones is 1. The van der Waals surface area contributed by atoms with Crippen molar-refractivity contribution in [3.8, 4) is 0 Å². The van der Waals surface area contributed by atoms with E-state index in [1.165, 1.54) is 16.9 Å². The summed E-state index contributed by atoms with van der Waals surface area (Å²) in [7, 11) is 0. The number of benzene rings is 1. The summed E-state index contributed by atoms with van der Waals surface area (Å²) in [5, 5.41) is 0. The van der Waals surface area contributed by atoms with Gasteiger partial charge in [-0.2, -0.15) is 0 Å². The standard InChI is InChI=1S/C16H22N2O2/c1-13-10-14(17-4-2-16(19)3-5-17)12-15(11-13)18-6-8-20-9-7-18/h10-12H,2-9H2,1H3. The van der Waals surface area contributed by atoms with Gasteiger partial charge in [-0.3, -0.25) is 4.79 Å². The summed E-state index contributed by atoms with van der Waals surface area (Å²) in [6, 6.07) is 6.72. The minimum atomic E-state index is 0.391. The van der Waals surface area contributed by atoms with Crippen LogP contribution in [0.25, 0.3) is 0 Å². The SMILES string of the molecule is Cc1cc(N2CCOCC2)cc(N2CCC(=O)CC2)c1. The van der Waals surface area contributed by atoms with Crippen LogP contribution in [0.1, 0.15) is 18.4 Å². The van der Waals surface area contributed by atoms with Gasteiger partial charge in [-0.15, -0.1) is 0 Å². The fourth-order valence-electron chi connectivity index (χ4n) is 2.94. The molecule has 0 saturated carbocycles. The highest BCUT2D eigenvalue weighted by molar-refractivity contribution is 5.81. The van der Waals surface area contributed by atoms with Crippen molar-refractivity contribution in [1.82, 2.24) is 0 Å². The Labute approximate surface area is 120 Å². The average Bonchev–Trinajstić information content (AvgIpc) is 2.48. The van der Waals surface area contributed by atoms with Gasteiger partial charge >= 0.3 is 0 Å². The topological polar surface area (TPSA) is 32.8 Å². The number of aryl methyl sites for hydroxylation is 1. The van der Waals surface area contributed by atoms with Crippen molar-refractivity contribution >= 4 is 17.2 Å². The van der Waals surface area contributed by atoms with Gasteiger partial charge in [-0.1, -0.05) is 0 Å². The van der Waals surface area contributed by atoms with E-state index in [1.54, 1.807) is 0 Å². The van der Waals surface area contributed by atoms with E-state index in [-0.39, 0.29) is 0 Å². The molecule has 0 aliphatic carbocycles. The average molecular weight is 274 g/mol. The smallest absolute Gasteiger partial charge is 0.136 e. The van der Waals surface area contributed by atoms with Crippen LogP contribution in [0.15, 0.2) is 18.2 Å². The van der Waals surface area contributed by atoms with Gasteiger partial charge in [-0.05, 0) is 30.7 Å². The van der Waals surface area contributed by atoms with Gasteiger partial charge in [0, 0.05) is 50.4 Å².